The Hall–Kier alpha value is -3.41. The number of hydrogen-bond acceptors (Lipinski definition) is 9. The number of likely N-dealkylation sites (N-methyl/N-ethyl adjacent to an activating group) is 1. The SMILES string of the molecule is C=CCOC12Oc3ccc(OC(=O)NCCCCCCCCCCCC)cc3C3C(CCCCO)C(CCCCO)C=C(C(=NOC(C)(C)C)CC1N(C)C(=O)CCC1CCCC1)C32. The van der Waals surface area contributed by atoms with Crippen LogP contribution in [0.5, 0.6) is 11.5 Å². The van der Waals surface area contributed by atoms with Crippen molar-refractivity contribution in [3.05, 3.63) is 48.1 Å². The van der Waals surface area contributed by atoms with Crippen LogP contribution in [-0.4, -0.2) is 83.7 Å². The number of fused-ring (bicyclic) bond motifs is 2. The summed E-state index contributed by atoms with van der Waals surface area (Å²) in [5.74, 6) is -0.0677. The maximum absolute atomic E-state index is 14.4. The Bertz CT molecular complexity index is 1670. The fourth-order valence-electron chi connectivity index (χ4n) is 10.9. The number of nitrogens with zero attached hydrogens (tertiary/aromatic N) is 2. The number of aliphatic hydroxyl groups excluding tert-OH is 2. The molecule has 2 fully saturated rings. The minimum absolute atomic E-state index is 0.0534. The molecule has 3 aliphatic carbocycles. The smallest absolute Gasteiger partial charge is 0.412 e. The second-order valence-electron chi connectivity index (χ2n) is 20.2. The van der Waals surface area contributed by atoms with E-state index in [1.54, 1.807) is 12.1 Å². The van der Waals surface area contributed by atoms with Crippen molar-refractivity contribution in [2.45, 2.75) is 199 Å². The van der Waals surface area contributed by atoms with E-state index in [4.69, 9.17) is 24.2 Å². The average molecular weight is 892 g/mol. The highest BCUT2D eigenvalue weighted by molar-refractivity contribution is 6.03. The van der Waals surface area contributed by atoms with E-state index in [0.717, 1.165) is 61.8 Å². The van der Waals surface area contributed by atoms with Gasteiger partial charge in [-0.3, -0.25) is 4.79 Å². The first-order valence-corrected chi connectivity index (χ1v) is 25.4. The maximum Gasteiger partial charge on any atom is 0.412 e. The topological polar surface area (TPSA) is 139 Å². The Kier molecular flexibility index (Phi) is 21.0. The molecule has 5 rings (SSSR count). The summed E-state index contributed by atoms with van der Waals surface area (Å²) >= 11 is 0. The first-order valence-electron chi connectivity index (χ1n) is 25.4. The summed E-state index contributed by atoms with van der Waals surface area (Å²) in [6.45, 7) is 13.2. The van der Waals surface area contributed by atoms with Crippen molar-refractivity contribution >= 4 is 17.7 Å². The number of unbranched alkanes of at least 4 members (excludes halogenated alkanes) is 11. The van der Waals surface area contributed by atoms with Crippen molar-refractivity contribution < 1.29 is 38.9 Å². The zero-order valence-electron chi connectivity index (χ0n) is 40.4. The molecule has 0 spiro atoms. The lowest BCUT2D eigenvalue weighted by molar-refractivity contribution is -0.255. The summed E-state index contributed by atoms with van der Waals surface area (Å²) in [5, 5.41) is 27.8. The molecule has 3 N–H and O–H groups in total. The van der Waals surface area contributed by atoms with Crippen LogP contribution in [0.25, 0.3) is 0 Å². The quantitative estimate of drug-likeness (QED) is 0.0429. The van der Waals surface area contributed by atoms with E-state index < -0.39 is 29.4 Å². The van der Waals surface area contributed by atoms with E-state index in [-0.39, 0.29) is 43.5 Å². The number of benzene rings is 1. The molecule has 11 heteroatoms. The number of carbonyl (C=O) groups excluding carboxylic acids is 2. The summed E-state index contributed by atoms with van der Waals surface area (Å²) in [5.41, 5.74) is 2.12. The minimum atomic E-state index is -1.31. The van der Waals surface area contributed by atoms with Crippen molar-refractivity contribution in [3.63, 3.8) is 0 Å². The Morgan fingerprint density at radius 2 is 1.61 bits per heavy atom. The first-order chi connectivity index (χ1) is 31.0. The number of hydrogen-bond donors (Lipinski definition) is 3. The molecule has 0 aromatic heterocycles. The van der Waals surface area contributed by atoms with E-state index in [2.05, 4.69) is 24.9 Å². The van der Waals surface area contributed by atoms with Crippen LogP contribution in [0.4, 0.5) is 4.79 Å². The van der Waals surface area contributed by atoms with Gasteiger partial charge in [0.25, 0.3) is 0 Å². The number of amides is 2. The van der Waals surface area contributed by atoms with Gasteiger partial charge in [0.1, 0.15) is 23.1 Å². The third-order valence-corrected chi connectivity index (χ3v) is 14.2. The van der Waals surface area contributed by atoms with E-state index in [1.165, 1.54) is 77.0 Å². The average Bonchev–Trinajstić information content (AvgIpc) is 3.80. The van der Waals surface area contributed by atoms with Crippen molar-refractivity contribution in [1.29, 1.82) is 0 Å². The fraction of sp³-hybridized carbons (Fsp3) is 0.755. The normalized spacial score (nSPS) is 24.6. The number of rotatable bonds is 28. The highest BCUT2D eigenvalue weighted by Crippen LogP contribution is 2.62. The lowest BCUT2D eigenvalue weighted by Crippen LogP contribution is -2.69. The predicted octanol–water partition coefficient (Wildman–Crippen LogP) is 11.6. The maximum atomic E-state index is 14.4. The van der Waals surface area contributed by atoms with Crippen LogP contribution in [0.15, 0.2) is 47.7 Å². The largest absolute Gasteiger partial charge is 0.459 e. The summed E-state index contributed by atoms with van der Waals surface area (Å²) in [7, 11) is 1.88. The molecule has 0 radical (unpaired) electrons. The van der Waals surface area contributed by atoms with Gasteiger partial charge in [0.05, 0.1) is 18.2 Å². The molecule has 6 unspecified atom stereocenters. The molecule has 1 heterocycles. The minimum Gasteiger partial charge on any atom is -0.459 e. The van der Waals surface area contributed by atoms with E-state index in [0.29, 0.717) is 49.6 Å². The van der Waals surface area contributed by atoms with E-state index in [1.807, 2.05) is 44.9 Å². The van der Waals surface area contributed by atoms with Gasteiger partial charge in [0.15, 0.2) is 0 Å². The van der Waals surface area contributed by atoms with Gasteiger partial charge >= 0.3 is 6.09 Å². The molecule has 11 nitrogen and oxygen atoms in total. The second kappa shape index (κ2) is 26.1. The molecule has 2 amide bonds. The van der Waals surface area contributed by atoms with Gasteiger partial charge in [-0.1, -0.05) is 121 Å². The third kappa shape index (κ3) is 14.3. The molecule has 6 atom stereocenters. The summed E-state index contributed by atoms with van der Waals surface area (Å²) in [6, 6.07) is 5.09. The number of allylic oxidation sites excluding steroid dienone is 1. The van der Waals surface area contributed by atoms with E-state index in [9.17, 15) is 19.8 Å². The predicted molar refractivity (Wildman–Crippen MR) is 256 cm³/mol. The number of nitrogens with one attached hydrogen (secondary N) is 1. The standard InChI is InChI=1S/C53H85N3O8/c1-7-9-10-11-12-13-14-15-16-21-32-54-51(60)62-41-29-30-46-44(37-41)49-42(27-20-23-34-58)40(26-19-22-33-57)36-43-45(55-64-52(3,4)5)38-47(53(63-46,50(43)49)61-35-8-2)56(6)48(59)31-28-39-24-17-18-25-39/h8,29-30,36-37,39-40,42,47,49-50,57-58H,2,7,9-28,31-35,38H2,1,3-6H3,(H,54,60). The molecule has 1 aromatic rings. The molecule has 1 aliphatic heterocycles. The van der Waals surface area contributed by atoms with Gasteiger partial charge in [-0.05, 0) is 101 Å². The zero-order chi connectivity index (χ0) is 46.0. The Morgan fingerprint density at radius 3 is 2.27 bits per heavy atom. The highest BCUT2D eigenvalue weighted by Gasteiger charge is 2.65. The monoisotopic (exact) mass is 892 g/mol. The highest BCUT2D eigenvalue weighted by atomic mass is 16.7. The lowest BCUT2D eigenvalue weighted by atomic mass is 9.55. The summed E-state index contributed by atoms with van der Waals surface area (Å²) in [4.78, 5) is 35.8. The molecule has 4 aliphatic rings. The number of ether oxygens (including phenoxy) is 3. The number of oxime groups is 1. The van der Waals surface area contributed by atoms with Crippen molar-refractivity contribution in [1.82, 2.24) is 10.2 Å². The van der Waals surface area contributed by atoms with E-state index >= 15 is 0 Å². The summed E-state index contributed by atoms with van der Waals surface area (Å²) < 4.78 is 20.4. The zero-order valence-corrected chi connectivity index (χ0v) is 40.4. The molecular weight excluding hydrogens is 807 g/mol. The lowest BCUT2D eigenvalue weighted by Gasteiger charge is -2.59. The Morgan fingerprint density at radius 1 is 0.938 bits per heavy atom. The van der Waals surface area contributed by atoms with Crippen molar-refractivity contribution in [2.24, 2.45) is 28.8 Å². The second-order valence-corrected chi connectivity index (χ2v) is 20.2. The number of aliphatic hydroxyl groups is 2. The van der Waals surface area contributed by atoms with Gasteiger partial charge in [0, 0.05) is 51.1 Å². The third-order valence-electron chi connectivity index (χ3n) is 14.2. The van der Waals surface area contributed by atoms with Gasteiger partial charge < -0.3 is 39.5 Å². The van der Waals surface area contributed by atoms with Crippen LogP contribution in [-0.2, 0) is 14.4 Å². The van der Waals surface area contributed by atoms with Crippen LogP contribution in [0.2, 0.25) is 0 Å². The fourth-order valence-corrected chi connectivity index (χ4v) is 10.9. The first kappa shape index (κ1) is 51.6. The molecule has 2 saturated carbocycles. The molecule has 360 valence electrons. The molecular formula is C53H85N3O8. The van der Waals surface area contributed by atoms with Crippen LogP contribution >= 0.6 is 0 Å². The van der Waals surface area contributed by atoms with Gasteiger partial charge in [-0.15, -0.1) is 6.58 Å². The molecule has 1 aromatic carbocycles. The van der Waals surface area contributed by atoms with Crippen LogP contribution in [0.3, 0.4) is 0 Å². The van der Waals surface area contributed by atoms with Crippen LogP contribution < -0.4 is 14.8 Å². The molecule has 64 heavy (non-hydrogen) atoms. The summed E-state index contributed by atoms with van der Waals surface area (Å²) in [6.07, 6.45) is 27.0. The molecule has 0 saturated heterocycles. The van der Waals surface area contributed by atoms with Gasteiger partial charge in [-0.25, -0.2) is 4.79 Å². The Balaban J connectivity index is 1.50. The van der Waals surface area contributed by atoms with Crippen LogP contribution in [0.1, 0.15) is 187 Å². The Labute approximate surface area is 386 Å². The van der Waals surface area contributed by atoms with Gasteiger partial charge in [0.2, 0.25) is 11.7 Å². The van der Waals surface area contributed by atoms with Crippen molar-refractivity contribution in [2.75, 3.05) is 33.4 Å². The number of carbonyl (C=O) groups is 2. The molecule has 0 bridgehead atoms. The van der Waals surface area contributed by atoms with Crippen LogP contribution in [0, 0.1) is 23.7 Å². The van der Waals surface area contributed by atoms with Gasteiger partial charge in [-0.2, -0.15) is 0 Å². The van der Waals surface area contributed by atoms with Crippen molar-refractivity contribution in [3.8, 4) is 11.5 Å².